The molecule has 3 N–H and O–H groups in total. The topological polar surface area (TPSA) is 79.5 Å². The van der Waals surface area contributed by atoms with E-state index in [2.05, 4.69) is 16.2 Å². The second kappa shape index (κ2) is 8.52. The summed E-state index contributed by atoms with van der Waals surface area (Å²) in [5, 5.41) is 2.91. The number of anilines is 1. The minimum atomic E-state index is -0.409. The Morgan fingerprint density at radius 2 is 1.67 bits per heavy atom. The number of halogens is 1. The molecule has 0 fully saturated rings. The van der Waals surface area contributed by atoms with Gasteiger partial charge in [-0.15, -0.1) is 0 Å². The largest absolute Gasteiger partial charge is 0.495 e. The third-order valence-electron chi connectivity index (χ3n) is 3.17. The molecule has 0 bridgehead atoms. The van der Waals surface area contributed by atoms with Crippen molar-refractivity contribution in [3.05, 3.63) is 59.9 Å². The van der Waals surface area contributed by atoms with Crippen molar-refractivity contribution in [1.29, 1.82) is 0 Å². The summed E-state index contributed by atoms with van der Waals surface area (Å²) >= 11 is 0. The zero-order valence-electron chi connectivity index (χ0n) is 13.1. The molecule has 0 aliphatic heterocycles. The minimum Gasteiger partial charge on any atom is -0.495 e. The highest BCUT2D eigenvalue weighted by atomic mass is 19.1. The van der Waals surface area contributed by atoms with Gasteiger partial charge >= 0.3 is 0 Å². The van der Waals surface area contributed by atoms with Gasteiger partial charge in [-0.1, -0.05) is 24.3 Å². The first kappa shape index (κ1) is 17.3. The number of nitrogens with one attached hydrogen (secondary N) is 3. The smallest absolute Gasteiger partial charge is 0.257 e. The van der Waals surface area contributed by atoms with Crippen LogP contribution in [0.15, 0.2) is 48.5 Å². The summed E-state index contributed by atoms with van der Waals surface area (Å²) in [6.45, 7) is -0.0306. The van der Waals surface area contributed by atoms with Gasteiger partial charge in [0, 0.05) is 0 Å². The Hall–Kier alpha value is -3.09. The first-order chi connectivity index (χ1) is 11.6. The number of amides is 2. The van der Waals surface area contributed by atoms with E-state index in [9.17, 15) is 14.0 Å². The SMILES string of the molecule is COc1ccccc1NCC(=O)NNC(=O)Cc1ccc(F)cc1. The van der Waals surface area contributed by atoms with Crippen molar-refractivity contribution < 1.29 is 18.7 Å². The first-order valence-electron chi connectivity index (χ1n) is 7.27. The van der Waals surface area contributed by atoms with Gasteiger partial charge in [0.2, 0.25) is 5.91 Å². The van der Waals surface area contributed by atoms with Crippen molar-refractivity contribution in [3.8, 4) is 5.75 Å². The van der Waals surface area contributed by atoms with Gasteiger partial charge in [-0.25, -0.2) is 4.39 Å². The molecule has 2 aromatic carbocycles. The summed E-state index contributed by atoms with van der Waals surface area (Å²) in [6.07, 6.45) is 0.0422. The van der Waals surface area contributed by atoms with E-state index in [1.807, 2.05) is 12.1 Å². The molecular formula is C17H18FN3O3. The molecule has 0 aliphatic carbocycles. The highest BCUT2D eigenvalue weighted by Crippen LogP contribution is 2.22. The molecule has 0 radical (unpaired) electrons. The van der Waals surface area contributed by atoms with Crippen molar-refractivity contribution in [2.24, 2.45) is 0 Å². The normalized spacial score (nSPS) is 9.92. The molecule has 0 saturated heterocycles. The lowest BCUT2D eigenvalue weighted by Crippen LogP contribution is -2.44. The molecule has 2 amide bonds. The Morgan fingerprint density at radius 3 is 2.38 bits per heavy atom. The molecule has 0 aromatic heterocycles. The Morgan fingerprint density at radius 1 is 1.00 bits per heavy atom. The van der Waals surface area contributed by atoms with Gasteiger partial charge in [-0.3, -0.25) is 20.4 Å². The molecule has 7 heteroatoms. The molecule has 24 heavy (non-hydrogen) atoms. The average Bonchev–Trinajstić information content (AvgIpc) is 2.60. The predicted molar refractivity (Wildman–Crippen MR) is 87.9 cm³/mol. The van der Waals surface area contributed by atoms with Crippen LogP contribution in [0.1, 0.15) is 5.56 Å². The number of carbonyl (C=O) groups is 2. The molecule has 2 rings (SSSR count). The maximum absolute atomic E-state index is 12.8. The summed E-state index contributed by atoms with van der Waals surface area (Å²) < 4.78 is 17.9. The van der Waals surface area contributed by atoms with Crippen molar-refractivity contribution in [1.82, 2.24) is 10.9 Å². The van der Waals surface area contributed by atoms with E-state index < -0.39 is 11.8 Å². The molecular weight excluding hydrogens is 313 g/mol. The van der Waals surface area contributed by atoms with E-state index in [0.29, 0.717) is 17.0 Å². The lowest BCUT2D eigenvalue weighted by molar-refractivity contribution is -0.127. The second-order valence-corrected chi connectivity index (χ2v) is 4.95. The standard InChI is InChI=1S/C17H18FN3O3/c1-24-15-5-3-2-4-14(15)19-11-17(23)21-20-16(22)10-12-6-8-13(18)9-7-12/h2-9,19H,10-11H2,1H3,(H,20,22)(H,21,23). The Bertz CT molecular complexity index is 704. The van der Waals surface area contributed by atoms with Crippen LogP contribution in [0.4, 0.5) is 10.1 Å². The first-order valence-corrected chi connectivity index (χ1v) is 7.27. The number of methoxy groups -OCH3 is 1. The predicted octanol–water partition coefficient (Wildman–Crippen LogP) is 1.64. The molecule has 2 aromatic rings. The fourth-order valence-electron chi connectivity index (χ4n) is 1.98. The van der Waals surface area contributed by atoms with Crippen molar-refractivity contribution >= 4 is 17.5 Å². The quantitative estimate of drug-likeness (QED) is 0.703. The number of rotatable bonds is 6. The molecule has 6 nitrogen and oxygen atoms in total. The van der Waals surface area contributed by atoms with Gasteiger partial charge in [0.15, 0.2) is 0 Å². The number of hydrazine groups is 1. The fourth-order valence-corrected chi connectivity index (χ4v) is 1.98. The van der Waals surface area contributed by atoms with Crippen molar-refractivity contribution in [3.63, 3.8) is 0 Å². The van der Waals surface area contributed by atoms with Crippen LogP contribution in [0.2, 0.25) is 0 Å². The van der Waals surface area contributed by atoms with Crippen LogP contribution >= 0.6 is 0 Å². The third-order valence-corrected chi connectivity index (χ3v) is 3.17. The average molecular weight is 331 g/mol. The van der Waals surface area contributed by atoms with Crippen molar-refractivity contribution in [2.75, 3.05) is 19.0 Å². The molecule has 0 unspecified atom stereocenters. The van der Waals surface area contributed by atoms with Crippen molar-refractivity contribution in [2.45, 2.75) is 6.42 Å². The summed E-state index contributed by atoms with van der Waals surface area (Å²) in [6, 6.07) is 12.8. The Labute approximate surface area is 139 Å². The molecule has 126 valence electrons. The lowest BCUT2D eigenvalue weighted by Gasteiger charge is -2.11. The molecule has 0 aliphatic rings. The van der Waals surface area contributed by atoms with E-state index in [4.69, 9.17) is 4.74 Å². The summed E-state index contributed by atoms with van der Waals surface area (Å²) in [5.74, 6) is -0.555. The van der Waals surface area contributed by atoms with Gasteiger partial charge < -0.3 is 10.1 Å². The summed E-state index contributed by atoms with van der Waals surface area (Å²) in [7, 11) is 1.54. The highest BCUT2D eigenvalue weighted by molar-refractivity contribution is 5.85. The Balaban J connectivity index is 1.74. The van der Waals surface area contributed by atoms with E-state index in [-0.39, 0.29) is 18.8 Å². The van der Waals surface area contributed by atoms with Crippen LogP contribution in [0.5, 0.6) is 5.75 Å². The Kier molecular flexibility index (Phi) is 6.13. The van der Waals surface area contributed by atoms with Gasteiger partial charge in [-0.05, 0) is 29.8 Å². The number of ether oxygens (including phenoxy) is 1. The second-order valence-electron chi connectivity index (χ2n) is 4.95. The van der Waals surface area contributed by atoms with Crippen LogP contribution in [0.25, 0.3) is 0 Å². The van der Waals surface area contributed by atoms with E-state index in [1.54, 1.807) is 12.1 Å². The molecule has 0 atom stereocenters. The van der Waals surface area contributed by atoms with E-state index in [0.717, 1.165) is 0 Å². The maximum Gasteiger partial charge on any atom is 0.257 e. The van der Waals surface area contributed by atoms with Gasteiger partial charge in [0.1, 0.15) is 11.6 Å². The van der Waals surface area contributed by atoms with E-state index in [1.165, 1.54) is 31.4 Å². The monoisotopic (exact) mass is 331 g/mol. The van der Waals surface area contributed by atoms with Crippen LogP contribution in [-0.4, -0.2) is 25.5 Å². The summed E-state index contributed by atoms with van der Waals surface area (Å²) in [4.78, 5) is 23.5. The van der Waals surface area contributed by atoms with E-state index >= 15 is 0 Å². The van der Waals surface area contributed by atoms with Crippen LogP contribution in [0, 0.1) is 5.82 Å². The zero-order valence-corrected chi connectivity index (χ0v) is 13.1. The van der Waals surface area contributed by atoms with Crippen LogP contribution in [0.3, 0.4) is 0 Å². The van der Waals surface area contributed by atoms with Gasteiger partial charge in [0.05, 0.1) is 25.8 Å². The molecule has 0 spiro atoms. The maximum atomic E-state index is 12.8. The van der Waals surface area contributed by atoms with Gasteiger partial charge in [-0.2, -0.15) is 0 Å². The lowest BCUT2D eigenvalue weighted by atomic mass is 10.1. The number of para-hydroxylation sites is 2. The zero-order chi connectivity index (χ0) is 17.4. The number of benzene rings is 2. The minimum absolute atomic E-state index is 0.0306. The molecule has 0 heterocycles. The third kappa shape index (κ3) is 5.28. The summed E-state index contributed by atoms with van der Waals surface area (Å²) in [5.41, 5.74) is 5.94. The van der Waals surface area contributed by atoms with Crippen LogP contribution in [-0.2, 0) is 16.0 Å². The fraction of sp³-hybridized carbons (Fsp3) is 0.176. The molecule has 0 saturated carbocycles. The number of hydrogen-bond acceptors (Lipinski definition) is 4. The highest BCUT2D eigenvalue weighted by Gasteiger charge is 2.07. The van der Waals surface area contributed by atoms with Gasteiger partial charge in [0.25, 0.3) is 5.91 Å². The number of hydrogen-bond donors (Lipinski definition) is 3. The van der Waals surface area contributed by atoms with Crippen LogP contribution < -0.4 is 20.9 Å². The number of carbonyl (C=O) groups excluding carboxylic acids is 2.